The second-order valence-electron chi connectivity index (χ2n) is 11.7. The molecule has 3 N–H and O–H groups in total. The van der Waals surface area contributed by atoms with Crippen molar-refractivity contribution in [2.24, 2.45) is 5.92 Å². The summed E-state index contributed by atoms with van der Waals surface area (Å²) in [7, 11) is 3.77. The molecule has 1 atom stereocenters. The smallest absolute Gasteiger partial charge is 0.407 e. The van der Waals surface area contributed by atoms with E-state index in [9.17, 15) is 14.7 Å². The topological polar surface area (TPSA) is 97.4 Å². The molecule has 1 aliphatic carbocycles. The quantitative estimate of drug-likeness (QED) is 0.365. The van der Waals surface area contributed by atoms with Crippen LogP contribution in [0, 0.1) is 12.8 Å². The van der Waals surface area contributed by atoms with Crippen molar-refractivity contribution in [2.45, 2.75) is 64.6 Å². The van der Waals surface area contributed by atoms with Crippen molar-refractivity contribution in [3.63, 3.8) is 0 Å². The van der Waals surface area contributed by atoms with Gasteiger partial charge in [0, 0.05) is 76.7 Å². The summed E-state index contributed by atoms with van der Waals surface area (Å²) in [5, 5.41) is 15.5. The minimum atomic E-state index is -0.821. The standard InChI is InChI=1S/C32H47N5O4/c1-23-18-30(13-10-27(23)22-36-15-16-37(32(39)40)24(2)20-36)35(4)21-26-8-11-28(12-9-26)34-29-7-5-6-25(19-29)14-17-41-31(38)33-3/h5-7,10,13,18-19,24,26,28,34H,8-9,11-12,14-17,20-22H2,1-4H3,(H,33,38)(H,39,40)/t24-,26?,28?/m0/s1. The molecular formula is C32H47N5O4. The van der Waals surface area contributed by atoms with Crippen molar-refractivity contribution >= 4 is 23.6 Å². The molecule has 224 valence electrons. The number of aryl methyl sites for hydroxylation is 1. The summed E-state index contributed by atoms with van der Waals surface area (Å²) in [6, 6.07) is 15.7. The number of rotatable bonds is 10. The van der Waals surface area contributed by atoms with Crippen molar-refractivity contribution in [2.75, 3.05) is 57.1 Å². The number of ether oxygens (including phenoxy) is 1. The van der Waals surface area contributed by atoms with E-state index < -0.39 is 12.2 Å². The summed E-state index contributed by atoms with van der Waals surface area (Å²) in [6.07, 6.45) is 4.22. The van der Waals surface area contributed by atoms with Crippen LogP contribution in [0.1, 0.15) is 49.3 Å². The van der Waals surface area contributed by atoms with Crippen molar-refractivity contribution in [1.29, 1.82) is 0 Å². The van der Waals surface area contributed by atoms with Gasteiger partial charge in [0.25, 0.3) is 0 Å². The average molecular weight is 566 g/mol. The highest BCUT2D eigenvalue weighted by atomic mass is 16.5. The molecular weight excluding hydrogens is 518 g/mol. The maximum absolute atomic E-state index is 11.4. The third kappa shape index (κ3) is 8.76. The van der Waals surface area contributed by atoms with Crippen LogP contribution in [0.15, 0.2) is 42.5 Å². The highest BCUT2D eigenvalue weighted by Gasteiger charge is 2.27. The van der Waals surface area contributed by atoms with Crippen LogP contribution in [0.3, 0.4) is 0 Å². The third-order valence-corrected chi connectivity index (χ3v) is 8.62. The average Bonchev–Trinajstić information content (AvgIpc) is 2.95. The number of carboxylic acid groups (broad SMARTS) is 1. The number of benzene rings is 2. The Hall–Kier alpha value is -3.46. The van der Waals surface area contributed by atoms with Crippen LogP contribution < -0.4 is 15.5 Å². The van der Waals surface area contributed by atoms with Gasteiger partial charge in [-0.25, -0.2) is 9.59 Å². The Bertz CT molecular complexity index is 1170. The zero-order chi connectivity index (χ0) is 29.4. The lowest BCUT2D eigenvalue weighted by Crippen LogP contribution is -2.53. The minimum Gasteiger partial charge on any atom is -0.465 e. The number of carbonyl (C=O) groups excluding carboxylic acids is 1. The fourth-order valence-electron chi connectivity index (χ4n) is 6.16. The largest absolute Gasteiger partial charge is 0.465 e. The molecule has 1 aliphatic heterocycles. The molecule has 2 aromatic carbocycles. The minimum absolute atomic E-state index is 0.0175. The number of carbonyl (C=O) groups is 2. The molecule has 1 heterocycles. The van der Waals surface area contributed by atoms with Gasteiger partial charge in [-0.15, -0.1) is 0 Å². The van der Waals surface area contributed by atoms with E-state index in [2.05, 4.69) is 76.9 Å². The molecule has 2 aromatic rings. The summed E-state index contributed by atoms with van der Waals surface area (Å²) in [6.45, 7) is 8.56. The zero-order valence-corrected chi connectivity index (χ0v) is 25.1. The molecule has 9 nitrogen and oxygen atoms in total. The van der Waals surface area contributed by atoms with Crippen LogP contribution in [0.2, 0.25) is 0 Å². The predicted octanol–water partition coefficient (Wildman–Crippen LogP) is 5.18. The van der Waals surface area contributed by atoms with Crippen LogP contribution >= 0.6 is 0 Å². The van der Waals surface area contributed by atoms with E-state index in [1.807, 2.05) is 6.92 Å². The van der Waals surface area contributed by atoms with Gasteiger partial charge in [-0.3, -0.25) is 4.90 Å². The second kappa shape index (κ2) is 14.4. The Morgan fingerprint density at radius 2 is 1.88 bits per heavy atom. The van der Waals surface area contributed by atoms with Gasteiger partial charge in [-0.05, 0) is 86.4 Å². The monoisotopic (exact) mass is 565 g/mol. The van der Waals surface area contributed by atoms with Crippen LogP contribution in [0.4, 0.5) is 21.0 Å². The first-order chi connectivity index (χ1) is 19.7. The summed E-state index contributed by atoms with van der Waals surface area (Å²) in [5.74, 6) is 0.679. The number of anilines is 2. The SMILES string of the molecule is CNC(=O)OCCc1cccc(NC2CCC(CN(C)c3ccc(CN4CCN(C(=O)O)[C@@H](C)C4)c(C)c3)CC2)c1. The number of amides is 2. The summed E-state index contributed by atoms with van der Waals surface area (Å²) < 4.78 is 5.12. The van der Waals surface area contributed by atoms with E-state index in [0.29, 0.717) is 31.5 Å². The second-order valence-corrected chi connectivity index (χ2v) is 11.7. The van der Waals surface area contributed by atoms with E-state index in [1.54, 1.807) is 7.05 Å². The molecule has 41 heavy (non-hydrogen) atoms. The number of nitrogens with zero attached hydrogens (tertiary/aromatic N) is 3. The van der Waals surface area contributed by atoms with E-state index in [4.69, 9.17) is 4.74 Å². The lowest BCUT2D eigenvalue weighted by Gasteiger charge is -2.38. The van der Waals surface area contributed by atoms with Gasteiger partial charge >= 0.3 is 12.2 Å². The van der Waals surface area contributed by atoms with Gasteiger partial charge in [0.1, 0.15) is 0 Å². The fourth-order valence-corrected chi connectivity index (χ4v) is 6.16. The Balaban J connectivity index is 1.21. The van der Waals surface area contributed by atoms with E-state index >= 15 is 0 Å². The number of alkyl carbamates (subject to hydrolysis) is 1. The molecule has 0 aromatic heterocycles. The van der Waals surface area contributed by atoms with Crippen molar-refractivity contribution in [3.05, 3.63) is 59.2 Å². The first-order valence-corrected chi connectivity index (χ1v) is 14.9. The van der Waals surface area contributed by atoms with Crippen LogP contribution in [-0.4, -0.2) is 86.1 Å². The third-order valence-electron chi connectivity index (χ3n) is 8.62. The molecule has 2 aliphatic rings. The fraction of sp³-hybridized carbons (Fsp3) is 0.562. The molecule has 0 spiro atoms. The molecule has 1 saturated carbocycles. The van der Waals surface area contributed by atoms with Gasteiger partial charge in [0.2, 0.25) is 0 Å². The zero-order valence-electron chi connectivity index (χ0n) is 25.1. The molecule has 4 rings (SSSR count). The summed E-state index contributed by atoms with van der Waals surface area (Å²) >= 11 is 0. The van der Waals surface area contributed by atoms with Crippen molar-refractivity contribution in [1.82, 2.24) is 15.1 Å². The van der Waals surface area contributed by atoms with Crippen molar-refractivity contribution in [3.8, 4) is 0 Å². The van der Waals surface area contributed by atoms with Crippen LogP contribution in [0.5, 0.6) is 0 Å². The number of piperazine rings is 1. The van der Waals surface area contributed by atoms with E-state index in [-0.39, 0.29) is 6.04 Å². The lowest BCUT2D eigenvalue weighted by atomic mass is 9.85. The van der Waals surface area contributed by atoms with E-state index in [0.717, 1.165) is 50.3 Å². The first kappa shape index (κ1) is 30.5. The van der Waals surface area contributed by atoms with Crippen LogP contribution in [0.25, 0.3) is 0 Å². The normalized spacial score (nSPS) is 21.3. The highest BCUT2D eigenvalue weighted by molar-refractivity contribution is 5.66. The summed E-state index contributed by atoms with van der Waals surface area (Å²) in [5.41, 5.74) is 6.15. The Morgan fingerprint density at radius 3 is 2.56 bits per heavy atom. The highest BCUT2D eigenvalue weighted by Crippen LogP contribution is 2.29. The molecule has 0 radical (unpaired) electrons. The maximum Gasteiger partial charge on any atom is 0.407 e. The predicted molar refractivity (Wildman–Crippen MR) is 164 cm³/mol. The molecule has 9 heteroatoms. The Kier molecular flexibility index (Phi) is 10.7. The number of nitrogens with one attached hydrogen (secondary N) is 2. The molecule has 0 bridgehead atoms. The van der Waals surface area contributed by atoms with Gasteiger partial charge in [-0.1, -0.05) is 18.2 Å². The van der Waals surface area contributed by atoms with Gasteiger partial charge in [0.15, 0.2) is 0 Å². The van der Waals surface area contributed by atoms with Crippen molar-refractivity contribution < 1.29 is 19.4 Å². The van der Waals surface area contributed by atoms with Gasteiger partial charge in [-0.2, -0.15) is 0 Å². The lowest BCUT2D eigenvalue weighted by molar-refractivity contribution is 0.0710. The molecule has 1 saturated heterocycles. The Morgan fingerprint density at radius 1 is 1.10 bits per heavy atom. The molecule has 2 fully saturated rings. The first-order valence-electron chi connectivity index (χ1n) is 14.9. The molecule has 0 unspecified atom stereocenters. The number of hydrogen-bond acceptors (Lipinski definition) is 6. The van der Waals surface area contributed by atoms with Gasteiger partial charge < -0.3 is 30.3 Å². The van der Waals surface area contributed by atoms with Gasteiger partial charge in [0.05, 0.1) is 6.61 Å². The summed E-state index contributed by atoms with van der Waals surface area (Å²) in [4.78, 5) is 28.9. The number of hydrogen-bond donors (Lipinski definition) is 3. The van der Waals surface area contributed by atoms with E-state index in [1.165, 1.54) is 34.6 Å². The Labute approximate surface area is 244 Å². The maximum atomic E-state index is 11.4. The molecule has 2 amide bonds. The van der Waals surface area contributed by atoms with Crippen LogP contribution in [-0.2, 0) is 17.7 Å².